The molecule has 24 heavy (non-hydrogen) atoms. The molecule has 0 saturated carbocycles. The van der Waals surface area contributed by atoms with Gasteiger partial charge < -0.3 is 65.6 Å². The second-order valence-electron chi connectivity index (χ2n) is 1.22. The van der Waals surface area contributed by atoms with Crippen LogP contribution in [0.3, 0.4) is 0 Å². The van der Waals surface area contributed by atoms with Gasteiger partial charge in [-0.1, -0.05) is 0 Å². The fraction of sp³-hybridized carbons (Fsp3) is 0. The summed E-state index contributed by atoms with van der Waals surface area (Å²) in [5.74, 6) is 0. The molecule has 19 nitrogen and oxygen atoms in total. The summed E-state index contributed by atoms with van der Waals surface area (Å²) in [4.78, 5) is 0. The first-order valence-electron chi connectivity index (χ1n) is 2.00. The number of hydrogen-bond acceptors (Lipinski definition) is 12. The van der Waals surface area contributed by atoms with E-state index in [1.54, 1.807) is 0 Å². The zero-order chi connectivity index (χ0) is 13.5. The van der Waals surface area contributed by atoms with Crippen molar-refractivity contribution in [1.29, 1.82) is 0 Å². The summed E-state index contributed by atoms with van der Waals surface area (Å²) in [6.07, 6.45) is 0. The van der Waals surface area contributed by atoms with Crippen molar-refractivity contribution in [2.75, 3.05) is 0 Å². The van der Waals surface area contributed by atoms with Crippen LogP contribution in [0.25, 0.3) is 0 Å². The Morgan fingerprint density at radius 1 is 0.333 bits per heavy atom. The van der Waals surface area contributed by atoms with Gasteiger partial charge in [-0.15, -0.1) is 0 Å². The van der Waals surface area contributed by atoms with Crippen LogP contribution in [0, 0.1) is 0 Å². The Kier molecular flexibility index (Phi) is 126. The minimum absolute atomic E-state index is 0. The van der Waals surface area contributed by atoms with E-state index >= 15 is 0 Å². The summed E-state index contributed by atoms with van der Waals surface area (Å²) >= 11 is 0. The van der Waals surface area contributed by atoms with E-state index in [0.29, 0.717) is 0 Å². The summed E-state index contributed by atoms with van der Waals surface area (Å²) in [6.45, 7) is 0. The molecule has 0 saturated heterocycles. The monoisotopic (exact) mass is 532 g/mol. The molecule has 0 amide bonds. The third-order valence-corrected chi connectivity index (χ3v) is 0. The largest absolute Gasteiger partial charge is 3.00 e. The van der Waals surface area contributed by atoms with Crippen LogP contribution in [-0.2, 0) is 64.8 Å². The third-order valence-electron chi connectivity index (χ3n) is 0. The van der Waals surface area contributed by atoms with Crippen LogP contribution in [0.4, 0.5) is 0 Å². The first-order chi connectivity index (χ1) is 6.00. The summed E-state index contributed by atoms with van der Waals surface area (Å²) in [5, 5.41) is 0. The van der Waals surface area contributed by atoms with E-state index in [4.69, 9.17) is 52.6 Å². The number of hydrogen-bond donors (Lipinski definition) is 0. The van der Waals surface area contributed by atoms with E-state index in [9.17, 15) is 0 Å². The Labute approximate surface area is 155 Å². The predicted octanol–water partition coefficient (Wildman–Crippen LogP) is -9.79. The summed E-state index contributed by atoms with van der Waals surface area (Å²) in [5.41, 5.74) is 0. The molecular weight excluding hydrogens is 518 g/mol. The Bertz CT molecular complexity index is 344. The SMILES string of the molecule is O.O.O.O.O.O.O.O=S(=O)([O-])[O-].O=S(=O)([O-])[O-].O=S(=O)([O-])[O-].[Co+3].[Co+3]. The van der Waals surface area contributed by atoms with Gasteiger partial charge in [0, 0.05) is 31.2 Å². The van der Waals surface area contributed by atoms with E-state index < -0.39 is 31.2 Å². The van der Waals surface area contributed by atoms with Gasteiger partial charge in [-0.25, -0.2) is 0 Å². The van der Waals surface area contributed by atoms with Crippen LogP contribution in [0.1, 0.15) is 0 Å². The Balaban J connectivity index is -0.00000000758. The molecular formula is H14Co2O19S3. The van der Waals surface area contributed by atoms with Gasteiger partial charge in [0.05, 0.1) is 0 Å². The normalized spacial score (nSPS) is 7.25. The van der Waals surface area contributed by atoms with Gasteiger partial charge in [-0.2, -0.15) is 0 Å². The Morgan fingerprint density at radius 3 is 0.333 bits per heavy atom. The molecule has 0 atom stereocenters. The van der Waals surface area contributed by atoms with Gasteiger partial charge in [-0.3, -0.25) is 25.3 Å². The average Bonchev–Trinajstić information content (AvgIpc) is 1.41. The van der Waals surface area contributed by atoms with E-state index in [-0.39, 0.29) is 71.9 Å². The van der Waals surface area contributed by atoms with Crippen LogP contribution >= 0.6 is 0 Å². The minimum atomic E-state index is -5.17. The zero-order valence-corrected chi connectivity index (χ0v) is 14.8. The molecule has 0 bridgehead atoms. The molecule has 0 aromatic heterocycles. The van der Waals surface area contributed by atoms with Crippen LogP contribution in [0.5, 0.6) is 0 Å². The van der Waals surface area contributed by atoms with Crippen LogP contribution in [0.2, 0.25) is 0 Å². The minimum Gasteiger partial charge on any atom is -0.759 e. The fourth-order valence-electron chi connectivity index (χ4n) is 0. The zero-order valence-electron chi connectivity index (χ0n) is 10.3. The molecule has 0 aliphatic rings. The molecule has 0 radical (unpaired) electrons. The van der Waals surface area contributed by atoms with Gasteiger partial charge in [0.25, 0.3) is 0 Å². The molecule has 0 aromatic rings. The molecule has 14 N–H and O–H groups in total. The molecule has 0 aliphatic heterocycles. The van der Waals surface area contributed by atoms with Crippen molar-refractivity contribution in [2.45, 2.75) is 0 Å². The maximum absolute atomic E-state index is 8.52. The third kappa shape index (κ3) is 86500. The van der Waals surface area contributed by atoms with E-state index in [1.807, 2.05) is 0 Å². The van der Waals surface area contributed by atoms with Gasteiger partial charge in [-0.05, 0) is 0 Å². The Hall–Kier alpha value is 0.343. The summed E-state index contributed by atoms with van der Waals surface area (Å²) < 4.78 is 102. The van der Waals surface area contributed by atoms with Crippen molar-refractivity contribution in [3.05, 3.63) is 0 Å². The Morgan fingerprint density at radius 2 is 0.333 bits per heavy atom. The first kappa shape index (κ1) is 87.1. The number of rotatable bonds is 0. The van der Waals surface area contributed by atoms with Crippen molar-refractivity contribution < 1.29 is 124 Å². The quantitative estimate of drug-likeness (QED) is 0.207. The molecule has 0 unspecified atom stereocenters. The molecule has 0 fully saturated rings. The van der Waals surface area contributed by atoms with Gasteiger partial charge in [0.15, 0.2) is 0 Å². The standard InChI is InChI=1S/2Co.3H2O4S.7H2O/c;;3*1-5(2,3)4;;;;;;;/h;;3*(H2,1,2,3,4);7*1H2/q2*+3;;;;;;;;;;/p-6. The van der Waals surface area contributed by atoms with E-state index in [2.05, 4.69) is 0 Å². The predicted molar refractivity (Wildman–Crippen MR) is 56.7 cm³/mol. The fourth-order valence-corrected chi connectivity index (χ4v) is 0. The van der Waals surface area contributed by atoms with Crippen molar-refractivity contribution in [2.24, 2.45) is 0 Å². The molecule has 0 heterocycles. The summed E-state index contributed by atoms with van der Waals surface area (Å²) in [6, 6.07) is 0. The van der Waals surface area contributed by atoms with Crippen molar-refractivity contribution in [3.63, 3.8) is 0 Å². The molecule has 24 heteroatoms. The maximum atomic E-state index is 8.52. The summed E-state index contributed by atoms with van der Waals surface area (Å²) in [7, 11) is -15.5. The van der Waals surface area contributed by atoms with Crippen LogP contribution in [0.15, 0.2) is 0 Å². The second-order valence-corrected chi connectivity index (χ2v) is 3.67. The average molecular weight is 532 g/mol. The van der Waals surface area contributed by atoms with Gasteiger partial charge in [0.2, 0.25) is 0 Å². The van der Waals surface area contributed by atoms with Crippen molar-refractivity contribution in [3.8, 4) is 0 Å². The van der Waals surface area contributed by atoms with Crippen molar-refractivity contribution in [1.82, 2.24) is 0 Å². The van der Waals surface area contributed by atoms with Crippen molar-refractivity contribution >= 4 is 31.2 Å². The molecule has 0 rings (SSSR count). The molecule has 164 valence electrons. The molecule has 0 aliphatic carbocycles. The topological polar surface area (TPSA) is 461 Å². The smallest absolute Gasteiger partial charge is 0.759 e. The van der Waals surface area contributed by atoms with Crippen LogP contribution < -0.4 is 0 Å². The molecule has 0 aromatic carbocycles. The maximum Gasteiger partial charge on any atom is 3.00 e. The molecule has 0 spiro atoms. The van der Waals surface area contributed by atoms with Gasteiger partial charge >= 0.3 is 33.6 Å². The van der Waals surface area contributed by atoms with Crippen LogP contribution in [-0.4, -0.2) is 90.9 Å². The first-order valence-corrected chi connectivity index (χ1v) is 6.00. The van der Waals surface area contributed by atoms with E-state index in [0.717, 1.165) is 0 Å². The van der Waals surface area contributed by atoms with E-state index in [1.165, 1.54) is 0 Å². The second kappa shape index (κ2) is 34.6. The van der Waals surface area contributed by atoms with Gasteiger partial charge in [0.1, 0.15) is 0 Å².